The molecule has 7 heteroatoms. The smallest absolute Gasteiger partial charge is 0.228 e. The average molecular weight is 372 g/mol. The van der Waals surface area contributed by atoms with E-state index in [0.29, 0.717) is 30.6 Å². The zero-order chi connectivity index (χ0) is 18.4. The van der Waals surface area contributed by atoms with Gasteiger partial charge in [-0.15, -0.1) is 0 Å². The molecule has 26 heavy (non-hydrogen) atoms. The van der Waals surface area contributed by atoms with Gasteiger partial charge in [0.15, 0.2) is 0 Å². The molecule has 6 nitrogen and oxygen atoms in total. The summed E-state index contributed by atoms with van der Waals surface area (Å²) in [6, 6.07) is 0. The molecule has 0 aliphatic carbocycles. The highest BCUT2D eigenvalue weighted by Gasteiger charge is 2.35. The maximum Gasteiger partial charge on any atom is 0.228 e. The number of hydrogen-bond donors (Lipinski definition) is 0. The lowest BCUT2D eigenvalue weighted by molar-refractivity contribution is -0.135. The van der Waals surface area contributed by atoms with E-state index in [4.69, 9.17) is 11.6 Å². The van der Waals surface area contributed by atoms with Gasteiger partial charge in [0.25, 0.3) is 0 Å². The molecule has 136 valence electrons. The molecule has 0 saturated carbocycles. The first-order valence-corrected chi connectivity index (χ1v) is 9.28. The molecule has 2 aromatic heterocycles. The highest BCUT2D eigenvalue weighted by atomic mass is 35.5. The zero-order valence-corrected chi connectivity index (χ0v) is 16.0. The lowest BCUT2D eigenvalue weighted by Gasteiger charge is -2.20. The van der Waals surface area contributed by atoms with E-state index < -0.39 is 0 Å². The first-order valence-electron chi connectivity index (χ1n) is 8.91. The van der Waals surface area contributed by atoms with Gasteiger partial charge in [0.05, 0.1) is 28.9 Å². The van der Waals surface area contributed by atoms with Gasteiger partial charge in [0.2, 0.25) is 11.9 Å². The zero-order valence-electron chi connectivity index (χ0n) is 15.3. The summed E-state index contributed by atoms with van der Waals surface area (Å²) >= 11 is 6.33. The minimum Gasteiger partial charge on any atom is -0.340 e. The van der Waals surface area contributed by atoms with E-state index in [-0.39, 0.29) is 11.8 Å². The summed E-state index contributed by atoms with van der Waals surface area (Å²) in [6.07, 6.45) is 4.46. The normalized spacial score (nSPS) is 19.2. The SMILES string of the molecule is Cc1cnc(N2CC[C@@H](C(=O)N3Cc4nc(C)c(Cl)c(C)c4C3)C2)nc1. The lowest BCUT2D eigenvalue weighted by atomic mass is 10.1. The first kappa shape index (κ1) is 17.2. The van der Waals surface area contributed by atoms with Crippen molar-refractivity contribution in [2.24, 2.45) is 5.92 Å². The minimum absolute atomic E-state index is 0.0221. The summed E-state index contributed by atoms with van der Waals surface area (Å²) in [7, 11) is 0. The Hall–Kier alpha value is -2.21. The Kier molecular flexibility index (Phi) is 4.31. The fourth-order valence-corrected chi connectivity index (χ4v) is 3.97. The van der Waals surface area contributed by atoms with Gasteiger partial charge in [-0.25, -0.2) is 9.97 Å². The van der Waals surface area contributed by atoms with E-state index in [1.807, 2.05) is 38.1 Å². The number of nitrogens with zero attached hydrogens (tertiary/aromatic N) is 5. The molecule has 0 unspecified atom stereocenters. The molecule has 0 bridgehead atoms. The second-order valence-corrected chi connectivity index (χ2v) is 7.63. The Bertz CT molecular complexity index is 867. The molecule has 0 spiro atoms. The summed E-state index contributed by atoms with van der Waals surface area (Å²) in [5, 5.41) is 0.710. The summed E-state index contributed by atoms with van der Waals surface area (Å²) in [6.45, 7) is 8.54. The number of pyridine rings is 1. The molecule has 4 rings (SSSR count). The minimum atomic E-state index is -0.0221. The van der Waals surface area contributed by atoms with E-state index in [0.717, 1.165) is 41.0 Å². The average Bonchev–Trinajstić information content (AvgIpc) is 3.27. The van der Waals surface area contributed by atoms with Gasteiger partial charge in [-0.3, -0.25) is 9.78 Å². The number of anilines is 1. The van der Waals surface area contributed by atoms with Crippen LogP contribution >= 0.6 is 11.6 Å². The third-order valence-electron chi connectivity index (χ3n) is 5.34. The maximum absolute atomic E-state index is 13.0. The molecular weight excluding hydrogens is 350 g/mol. The van der Waals surface area contributed by atoms with Gasteiger partial charge in [0.1, 0.15) is 0 Å². The Morgan fingerprint density at radius 3 is 2.65 bits per heavy atom. The first-order chi connectivity index (χ1) is 12.4. The number of amides is 1. The summed E-state index contributed by atoms with van der Waals surface area (Å²) in [4.78, 5) is 30.4. The van der Waals surface area contributed by atoms with Crippen molar-refractivity contribution in [3.05, 3.63) is 45.5 Å². The number of fused-ring (bicyclic) bond motifs is 1. The number of carbonyl (C=O) groups is 1. The third-order valence-corrected chi connectivity index (χ3v) is 5.90. The van der Waals surface area contributed by atoms with Crippen LogP contribution in [0.25, 0.3) is 0 Å². The van der Waals surface area contributed by atoms with E-state index in [1.54, 1.807) is 0 Å². The van der Waals surface area contributed by atoms with Crippen LogP contribution in [-0.2, 0) is 17.9 Å². The molecule has 2 aromatic rings. The molecule has 1 saturated heterocycles. The number of rotatable bonds is 2. The lowest BCUT2D eigenvalue weighted by Crippen LogP contribution is -2.34. The number of aryl methyl sites for hydroxylation is 2. The number of hydrogen-bond acceptors (Lipinski definition) is 5. The summed E-state index contributed by atoms with van der Waals surface area (Å²) in [5.41, 5.74) is 5.00. The number of carbonyl (C=O) groups excluding carboxylic acids is 1. The molecule has 2 aliphatic heterocycles. The van der Waals surface area contributed by atoms with Gasteiger partial charge in [0, 0.05) is 32.0 Å². The van der Waals surface area contributed by atoms with Crippen molar-refractivity contribution in [2.75, 3.05) is 18.0 Å². The van der Waals surface area contributed by atoms with Crippen LogP contribution in [0.2, 0.25) is 5.02 Å². The fourth-order valence-electron chi connectivity index (χ4n) is 3.81. The molecule has 1 fully saturated rings. The second-order valence-electron chi connectivity index (χ2n) is 7.25. The van der Waals surface area contributed by atoms with Gasteiger partial charge >= 0.3 is 0 Å². The van der Waals surface area contributed by atoms with E-state index in [1.165, 1.54) is 0 Å². The van der Waals surface area contributed by atoms with Gasteiger partial charge in [-0.05, 0) is 43.9 Å². The van der Waals surface area contributed by atoms with E-state index in [9.17, 15) is 4.79 Å². The van der Waals surface area contributed by atoms with Crippen molar-refractivity contribution in [3.8, 4) is 0 Å². The predicted octanol–water partition coefficient (Wildman–Crippen LogP) is 2.82. The topological polar surface area (TPSA) is 62.2 Å². The van der Waals surface area contributed by atoms with Crippen LogP contribution in [0.1, 0.15) is 34.5 Å². The molecule has 0 radical (unpaired) electrons. The number of halogens is 1. The van der Waals surface area contributed by atoms with Gasteiger partial charge in [-0.2, -0.15) is 0 Å². The van der Waals surface area contributed by atoms with Crippen LogP contribution in [0.4, 0.5) is 5.95 Å². The molecule has 1 atom stereocenters. The standard InChI is InChI=1S/C19H22ClN5O/c1-11-6-21-19(22-7-11)24-5-4-14(8-24)18(26)25-9-15-12(2)17(20)13(3)23-16(15)10-25/h6-7,14H,4-5,8-10H2,1-3H3/t14-/m1/s1. The highest BCUT2D eigenvalue weighted by Crippen LogP contribution is 2.32. The van der Waals surface area contributed by atoms with Crippen LogP contribution in [0.15, 0.2) is 12.4 Å². The van der Waals surface area contributed by atoms with Gasteiger partial charge < -0.3 is 9.80 Å². The van der Waals surface area contributed by atoms with Crippen molar-refractivity contribution in [1.82, 2.24) is 19.9 Å². The van der Waals surface area contributed by atoms with Crippen molar-refractivity contribution in [1.29, 1.82) is 0 Å². The largest absolute Gasteiger partial charge is 0.340 e. The Labute approximate surface area is 158 Å². The van der Waals surface area contributed by atoms with Crippen molar-refractivity contribution in [3.63, 3.8) is 0 Å². The Morgan fingerprint density at radius 1 is 1.19 bits per heavy atom. The van der Waals surface area contributed by atoms with E-state index in [2.05, 4.69) is 19.9 Å². The quantitative estimate of drug-likeness (QED) is 0.812. The van der Waals surface area contributed by atoms with Crippen LogP contribution < -0.4 is 4.90 Å². The summed E-state index contributed by atoms with van der Waals surface area (Å²) < 4.78 is 0. The maximum atomic E-state index is 13.0. The highest BCUT2D eigenvalue weighted by molar-refractivity contribution is 6.32. The van der Waals surface area contributed by atoms with E-state index >= 15 is 0 Å². The fraction of sp³-hybridized carbons (Fsp3) is 0.474. The van der Waals surface area contributed by atoms with Crippen molar-refractivity contribution >= 4 is 23.5 Å². The molecule has 0 N–H and O–H groups in total. The van der Waals surface area contributed by atoms with Crippen LogP contribution in [0.5, 0.6) is 0 Å². The van der Waals surface area contributed by atoms with Crippen LogP contribution in [0.3, 0.4) is 0 Å². The molecule has 4 heterocycles. The molecule has 1 amide bonds. The third kappa shape index (κ3) is 2.92. The van der Waals surface area contributed by atoms with Gasteiger partial charge in [-0.1, -0.05) is 11.6 Å². The molecular formula is C19H22ClN5O. The summed E-state index contributed by atoms with van der Waals surface area (Å²) in [5.74, 6) is 0.868. The van der Waals surface area contributed by atoms with Crippen LogP contribution in [0, 0.1) is 26.7 Å². The Morgan fingerprint density at radius 2 is 1.92 bits per heavy atom. The molecule has 0 aromatic carbocycles. The monoisotopic (exact) mass is 371 g/mol. The number of aromatic nitrogens is 3. The van der Waals surface area contributed by atoms with Crippen molar-refractivity contribution in [2.45, 2.75) is 40.3 Å². The second kappa shape index (κ2) is 6.50. The van der Waals surface area contributed by atoms with Crippen LogP contribution in [-0.4, -0.2) is 38.8 Å². The molecule has 2 aliphatic rings. The Balaban J connectivity index is 1.46. The van der Waals surface area contributed by atoms with Crippen molar-refractivity contribution < 1.29 is 4.79 Å². The predicted molar refractivity (Wildman–Crippen MR) is 100 cm³/mol.